The Balaban J connectivity index is 1.48. The lowest BCUT2D eigenvalue weighted by Gasteiger charge is -2.25. The standard InChI is InChI=1S/C20H23N3S/c21-16-10-8-14(9-11-16)12-22-20-23-19(13-24-20)18-7-3-5-15-4-1-2-6-17(15)18/h1-7,13-14,16H,8-12,21H2,(H,22,23)/t14-,16-. The van der Waals surface area contributed by atoms with Gasteiger partial charge in [0.15, 0.2) is 5.13 Å². The van der Waals surface area contributed by atoms with Gasteiger partial charge in [0.2, 0.25) is 0 Å². The van der Waals surface area contributed by atoms with E-state index in [1.165, 1.54) is 29.2 Å². The monoisotopic (exact) mass is 337 g/mol. The number of thiazole rings is 1. The molecule has 1 fully saturated rings. The smallest absolute Gasteiger partial charge is 0.183 e. The van der Waals surface area contributed by atoms with Crippen molar-refractivity contribution in [3.63, 3.8) is 0 Å². The van der Waals surface area contributed by atoms with E-state index in [0.29, 0.717) is 6.04 Å². The van der Waals surface area contributed by atoms with E-state index in [4.69, 9.17) is 10.7 Å². The summed E-state index contributed by atoms with van der Waals surface area (Å²) in [4.78, 5) is 4.81. The Morgan fingerprint density at radius 2 is 1.83 bits per heavy atom. The second-order valence-corrected chi connectivity index (χ2v) is 7.58. The quantitative estimate of drug-likeness (QED) is 0.712. The number of hydrogen-bond acceptors (Lipinski definition) is 4. The maximum absolute atomic E-state index is 5.99. The molecule has 0 spiro atoms. The highest BCUT2D eigenvalue weighted by atomic mass is 32.1. The van der Waals surface area contributed by atoms with Crippen LogP contribution in [0.25, 0.3) is 22.0 Å². The van der Waals surface area contributed by atoms with E-state index in [1.54, 1.807) is 11.3 Å². The molecule has 0 saturated heterocycles. The van der Waals surface area contributed by atoms with Crippen molar-refractivity contribution < 1.29 is 0 Å². The molecule has 1 saturated carbocycles. The molecule has 3 aromatic rings. The summed E-state index contributed by atoms with van der Waals surface area (Å²) in [7, 11) is 0. The summed E-state index contributed by atoms with van der Waals surface area (Å²) in [5.74, 6) is 0.731. The van der Waals surface area contributed by atoms with Crippen LogP contribution in [0.4, 0.5) is 5.13 Å². The van der Waals surface area contributed by atoms with Gasteiger partial charge in [-0.1, -0.05) is 42.5 Å². The zero-order chi connectivity index (χ0) is 16.4. The summed E-state index contributed by atoms with van der Waals surface area (Å²) in [5.41, 5.74) is 8.26. The van der Waals surface area contributed by atoms with E-state index in [0.717, 1.165) is 36.1 Å². The van der Waals surface area contributed by atoms with Gasteiger partial charge in [-0.25, -0.2) is 4.98 Å². The third kappa shape index (κ3) is 3.30. The first-order chi connectivity index (χ1) is 11.8. The third-order valence-corrected chi connectivity index (χ3v) is 5.80. The lowest BCUT2D eigenvalue weighted by atomic mass is 9.86. The van der Waals surface area contributed by atoms with Crippen LogP contribution in [0.5, 0.6) is 0 Å². The number of nitrogens with one attached hydrogen (secondary N) is 1. The number of nitrogens with two attached hydrogens (primary N) is 1. The summed E-state index contributed by atoms with van der Waals surface area (Å²) in [6.07, 6.45) is 4.78. The summed E-state index contributed by atoms with van der Waals surface area (Å²) < 4.78 is 0. The summed E-state index contributed by atoms with van der Waals surface area (Å²) in [5, 5.41) is 9.23. The van der Waals surface area contributed by atoms with Gasteiger partial charge in [0.25, 0.3) is 0 Å². The van der Waals surface area contributed by atoms with Crippen LogP contribution >= 0.6 is 11.3 Å². The molecular weight excluding hydrogens is 314 g/mol. The molecule has 0 radical (unpaired) electrons. The van der Waals surface area contributed by atoms with Gasteiger partial charge in [0, 0.05) is 23.5 Å². The van der Waals surface area contributed by atoms with Crippen molar-refractivity contribution in [3.8, 4) is 11.3 Å². The average molecular weight is 337 g/mol. The molecule has 1 heterocycles. The zero-order valence-corrected chi connectivity index (χ0v) is 14.6. The van der Waals surface area contributed by atoms with E-state index in [-0.39, 0.29) is 0 Å². The van der Waals surface area contributed by atoms with E-state index in [2.05, 4.69) is 53.2 Å². The minimum Gasteiger partial charge on any atom is -0.361 e. The molecule has 0 amide bonds. The van der Waals surface area contributed by atoms with Crippen LogP contribution in [-0.2, 0) is 0 Å². The Hall–Kier alpha value is -1.91. The Bertz CT molecular complexity index is 813. The van der Waals surface area contributed by atoms with Gasteiger partial charge in [-0.05, 0) is 42.4 Å². The van der Waals surface area contributed by atoms with E-state index in [1.807, 2.05) is 0 Å². The van der Waals surface area contributed by atoms with Crippen molar-refractivity contribution in [1.29, 1.82) is 0 Å². The molecule has 1 aliphatic carbocycles. The lowest BCUT2D eigenvalue weighted by molar-refractivity contribution is 0.339. The predicted molar refractivity (Wildman–Crippen MR) is 103 cm³/mol. The van der Waals surface area contributed by atoms with Gasteiger partial charge in [0.05, 0.1) is 5.69 Å². The zero-order valence-electron chi connectivity index (χ0n) is 13.7. The highest BCUT2D eigenvalue weighted by molar-refractivity contribution is 7.14. The summed E-state index contributed by atoms with van der Waals surface area (Å²) in [6, 6.07) is 15.3. The molecule has 1 aliphatic rings. The molecule has 1 aromatic heterocycles. The first kappa shape index (κ1) is 15.6. The topological polar surface area (TPSA) is 50.9 Å². The Morgan fingerprint density at radius 1 is 1.04 bits per heavy atom. The number of benzene rings is 2. The normalized spacial score (nSPS) is 21.0. The fourth-order valence-corrected chi connectivity index (χ4v) is 4.27. The second-order valence-electron chi connectivity index (χ2n) is 6.73. The lowest BCUT2D eigenvalue weighted by Crippen LogP contribution is -2.29. The molecule has 0 unspecified atom stereocenters. The van der Waals surface area contributed by atoms with Crippen molar-refractivity contribution >= 4 is 27.2 Å². The molecule has 124 valence electrons. The molecule has 3 nitrogen and oxygen atoms in total. The molecular formula is C20H23N3S. The summed E-state index contributed by atoms with van der Waals surface area (Å²) >= 11 is 1.70. The Labute approximate surface area is 146 Å². The predicted octanol–water partition coefficient (Wildman–Crippen LogP) is 4.89. The number of fused-ring (bicyclic) bond motifs is 1. The maximum atomic E-state index is 5.99. The molecule has 0 atom stereocenters. The largest absolute Gasteiger partial charge is 0.361 e. The SMILES string of the molecule is N[C@H]1CC[C@H](CNc2nc(-c3cccc4ccccc34)cs2)CC1. The molecule has 0 bridgehead atoms. The van der Waals surface area contributed by atoms with Crippen molar-refractivity contribution in [2.24, 2.45) is 11.7 Å². The first-order valence-corrected chi connectivity index (χ1v) is 9.60. The second kappa shape index (κ2) is 6.91. The van der Waals surface area contributed by atoms with Crippen LogP contribution in [0.1, 0.15) is 25.7 Å². The van der Waals surface area contributed by atoms with Crippen molar-refractivity contribution in [1.82, 2.24) is 4.98 Å². The minimum absolute atomic E-state index is 0.416. The fourth-order valence-electron chi connectivity index (χ4n) is 3.55. The van der Waals surface area contributed by atoms with Gasteiger partial charge >= 0.3 is 0 Å². The van der Waals surface area contributed by atoms with Gasteiger partial charge in [-0.15, -0.1) is 11.3 Å². The summed E-state index contributed by atoms with van der Waals surface area (Å²) in [6.45, 7) is 1.01. The molecule has 3 N–H and O–H groups in total. The van der Waals surface area contributed by atoms with Crippen molar-refractivity contribution in [2.75, 3.05) is 11.9 Å². The number of nitrogens with zero attached hydrogens (tertiary/aromatic N) is 1. The number of aromatic nitrogens is 1. The van der Waals surface area contributed by atoms with E-state index >= 15 is 0 Å². The number of hydrogen-bond donors (Lipinski definition) is 2. The van der Waals surface area contributed by atoms with Gasteiger partial charge < -0.3 is 11.1 Å². The van der Waals surface area contributed by atoms with E-state index in [9.17, 15) is 0 Å². The van der Waals surface area contributed by atoms with Gasteiger partial charge in [0.1, 0.15) is 0 Å². The molecule has 24 heavy (non-hydrogen) atoms. The number of anilines is 1. The minimum atomic E-state index is 0.416. The Kier molecular flexibility index (Phi) is 4.50. The van der Waals surface area contributed by atoms with Crippen LogP contribution in [-0.4, -0.2) is 17.6 Å². The molecule has 2 aromatic carbocycles. The van der Waals surface area contributed by atoms with E-state index < -0.39 is 0 Å². The van der Waals surface area contributed by atoms with Crippen molar-refractivity contribution in [2.45, 2.75) is 31.7 Å². The van der Waals surface area contributed by atoms with Crippen molar-refractivity contribution in [3.05, 3.63) is 47.8 Å². The van der Waals surface area contributed by atoms with Crippen LogP contribution in [0.15, 0.2) is 47.8 Å². The van der Waals surface area contributed by atoms with Gasteiger partial charge in [-0.3, -0.25) is 0 Å². The first-order valence-electron chi connectivity index (χ1n) is 8.73. The molecule has 0 aliphatic heterocycles. The average Bonchev–Trinajstić information content (AvgIpc) is 3.09. The third-order valence-electron chi connectivity index (χ3n) is 5.00. The van der Waals surface area contributed by atoms with Crippen LogP contribution in [0.3, 0.4) is 0 Å². The van der Waals surface area contributed by atoms with Crippen LogP contribution in [0.2, 0.25) is 0 Å². The van der Waals surface area contributed by atoms with Crippen LogP contribution < -0.4 is 11.1 Å². The molecule has 4 rings (SSSR count). The fraction of sp³-hybridized carbons (Fsp3) is 0.350. The van der Waals surface area contributed by atoms with Crippen LogP contribution in [0, 0.1) is 5.92 Å². The highest BCUT2D eigenvalue weighted by Crippen LogP contribution is 2.31. The van der Waals surface area contributed by atoms with Gasteiger partial charge in [-0.2, -0.15) is 0 Å². The Morgan fingerprint density at radius 3 is 2.71 bits per heavy atom. The highest BCUT2D eigenvalue weighted by Gasteiger charge is 2.18. The molecule has 4 heteroatoms. The maximum Gasteiger partial charge on any atom is 0.183 e. The number of rotatable bonds is 4.